The molecule has 4 aliphatic carbocycles. The van der Waals surface area contributed by atoms with Gasteiger partial charge in [0.05, 0.1) is 18.7 Å². The molecule has 2 N–H and O–H groups in total. The van der Waals surface area contributed by atoms with Crippen molar-refractivity contribution in [1.29, 1.82) is 5.26 Å². The largest absolute Gasteiger partial charge is 0.479 e. The first-order valence-corrected chi connectivity index (χ1v) is 13.5. The van der Waals surface area contributed by atoms with Gasteiger partial charge in [0.25, 0.3) is 0 Å². The molecule has 1 atom stereocenters. The third-order valence-electron chi connectivity index (χ3n) is 7.90. The van der Waals surface area contributed by atoms with Crippen LogP contribution in [0.1, 0.15) is 51.0 Å². The molecule has 1 aromatic rings. The number of aliphatic imine (C=N–C) groups is 1. The first-order chi connectivity index (χ1) is 16.6. The van der Waals surface area contributed by atoms with Crippen molar-refractivity contribution in [3.63, 3.8) is 0 Å². The van der Waals surface area contributed by atoms with Gasteiger partial charge >= 0.3 is 5.97 Å². The van der Waals surface area contributed by atoms with Crippen molar-refractivity contribution in [2.24, 2.45) is 28.7 Å². The molecule has 34 heavy (non-hydrogen) atoms. The number of aromatic nitrogens is 1. The molecule has 0 spiro atoms. The number of nitrogens with one attached hydrogen (secondary N) is 1. The third kappa shape index (κ3) is 4.76. The number of anilines is 1. The van der Waals surface area contributed by atoms with Crippen LogP contribution in [0.4, 0.5) is 5.82 Å². The molecule has 1 saturated heterocycles. The van der Waals surface area contributed by atoms with Gasteiger partial charge in [-0.15, -0.1) is 11.8 Å². The van der Waals surface area contributed by atoms with E-state index < -0.39 is 12.1 Å². The van der Waals surface area contributed by atoms with E-state index >= 15 is 0 Å². The number of amidine groups is 1. The number of hydrogen-bond donors (Lipinski definition) is 2. The van der Waals surface area contributed by atoms with Crippen LogP contribution in [-0.4, -0.2) is 59.5 Å². The zero-order chi connectivity index (χ0) is 23.7. The highest BCUT2D eigenvalue weighted by molar-refractivity contribution is 7.99. The van der Waals surface area contributed by atoms with Crippen LogP contribution in [0.5, 0.6) is 0 Å². The SMILES string of the molecule is CCCSc1nc(N2CCOC(C(=O)O)C2)ccc1/C(=N\C#N)NC1C2CC3CC(C2)CC1C3. The second kappa shape index (κ2) is 10.1. The van der Waals surface area contributed by atoms with Crippen LogP contribution in [0.3, 0.4) is 0 Å². The molecule has 182 valence electrons. The molecule has 5 fully saturated rings. The van der Waals surface area contributed by atoms with Gasteiger partial charge in [-0.05, 0) is 80.1 Å². The quantitative estimate of drug-likeness (QED) is 0.262. The van der Waals surface area contributed by atoms with Gasteiger partial charge in [0.1, 0.15) is 16.7 Å². The van der Waals surface area contributed by atoms with E-state index in [0.29, 0.717) is 36.9 Å². The highest BCUT2D eigenvalue weighted by atomic mass is 32.2. The molecular formula is C25H33N5O3S. The Balaban J connectivity index is 1.40. The predicted octanol–water partition coefficient (Wildman–Crippen LogP) is 3.52. The molecule has 4 saturated carbocycles. The Morgan fingerprint density at radius 2 is 2.03 bits per heavy atom. The van der Waals surface area contributed by atoms with Gasteiger partial charge in [0, 0.05) is 12.6 Å². The van der Waals surface area contributed by atoms with Crippen molar-refractivity contribution >= 4 is 29.4 Å². The van der Waals surface area contributed by atoms with Gasteiger partial charge in [-0.3, -0.25) is 0 Å². The smallest absolute Gasteiger partial charge is 0.334 e. The minimum absolute atomic E-state index is 0.269. The molecule has 6 rings (SSSR count). The number of hydrogen-bond acceptors (Lipinski definition) is 7. The highest BCUT2D eigenvalue weighted by Crippen LogP contribution is 2.53. The zero-order valence-corrected chi connectivity index (χ0v) is 20.5. The summed E-state index contributed by atoms with van der Waals surface area (Å²) in [6, 6.07) is 4.28. The molecule has 8 nitrogen and oxygen atoms in total. The van der Waals surface area contributed by atoms with Crippen LogP contribution < -0.4 is 10.2 Å². The molecule has 1 aromatic heterocycles. The minimum atomic E-state index is -0.954. The van der Waals surface area contributed by atoms with Gasteiger partial charge < -0.3 is 20.1 Å². The molecule has 0 aromatic carbocycles. The van der Waals surface area contributed by atoms with Crippen molar-refractivity contribution in [2.75, 3.05) is 30.3 Å². The van der Waals surface area contributed by atoms with Crippen molar-refractivity contribution in [3.8, 4) is 6.19 Å². The summed E-state index contributed by atoms with van der Waals surface area (Å²) in [5.41, 5.74) is 0.862. The first-order valence-electron chi connectivity index (χ1n) is 12.5. The Morgan fingerprint density at radius 3 is 2.68 bits per heavy atom. The van der Waals surface area contributed by atoms with E-state index in [-0.39, 0.29) is 6.54 Å². The number of thioether (sulfide) groups is 1. The number of morpholine rings is 1. The number of rotatable bonds is 7. The fraction of sp³-hybridized carbons (Fsp3) is 0.680. The summed E-state index contributed by atoms with van der Waals surface area (Å²) in [6.45, 7) is 3.35. The van der Waals surface area contributed by atoms with E-state index in [9.17, 15) is 15.2 Å². The maximum absolute atomic E-state index is 11.4. The number of aliphatic carboxylic acids is 1. The zero-order valence-electron chi connectivity index (χ0n) is 19.7. The van der Waals surface area contributed by atoms with Gasteiger partial charge in [0.2, 0.25) is 6.19 Å². The second-order valence-electron chi connectivity index (χ2n) is 10.2. The Morgan fingerprint density at radius 1 is 1.29 bits per heavy atom. The first kappa shape index (κ1) is 23.4. The molecule has 2 heterocycles. The Labute approximate surface area is 205 Å². The molecule has 4 bridgehead atoms. The minimum Gasteiger partial charge on any atom is -0.479 e. The number of ether oxygens (including phenoxy) is 1. The average Bonchev–Trinajstić information content (AvgIpc) is 2.84. The molecular weight excluding hydrogens is 450 g/mol. The van der Waals surface area contributed by atoms with Gasteiger partial charge in [-0.1, -0.05) is 6.92 Å². The van der Waals surface area contributed by atoms with E-state index in [1.54, 1.807) is 11.8 Å². The Bertz CT molecular complexity index is 965. The number of pyridine rings is 1. The Kier molecular flexibility index (Phi) is 6.98. The molecule has 1 aliphatic heterocycles. The summed E-state index contributed by atoms with van der Waals surface area (Å²) >= 11 is 1.66. The number of carboxylic acid groups (broad SMARTS) is 1. The lowest BCUT2D eigenvalue weighted by molar-refractivity contribution is -0.150. The average molecular weight is 484 g/mol. The lowest BCUT2D eigenvalue weighted by atomic mass is 9.54. The normalized spacial score (nSPS) is 32.5. The summed E-state index contributed by atoms with van der Waals surface area (Å²) in [5, 5.41) is 23.4. The fourth-order valence-electron chi connectivity index (χ4n) is 6.64. The standard InChI is InChI=1S/C25H33N5O3S/c1-2-7-34-24-19(3-4-21(28-24)30-5-6-33-20(13-30)25(31)32)23(27-14-26)29-22-17-9-15-8-16(11-17)12-18(22)10-15/h3-4,15-18,20,22H,2,5-13H2,1H3,(H,27,29)(H,31,32). The number of carboxylic acids is 1. The van der Waals surface area contributed by atoms with Gasteiger partial charge in [-0.2, -0.15) is 10.3 Å². The topological polar surface area (TPSA) is 111 Å². The van der Waals surface area contributed by atoms with Crippen molar-refractivity contribution in [3.05, 3.63) is 17.7 Å². The fourth-order valence-corrected chi connectivity index (χ4v) is 7.52. The summed E-state index contributed by atoms with van der Waals surface area (Å²) in [6.07, 6.45) is 8.75. The van der Waals surface area contributed by atoms with Crippen LogP contribution in [0.25, 0.3) is 0 Å². The molecule has 9 heteroatoms. The van der Waals surface area contributed by atoms with Crippen LogP contribution >= 0.6 is 11.8 Å². The molecule has 1 unspecified atom stereocenters. The lowest BCUT2D eigenvalue weighted by Crippen LogP contribution is -2.56. The predicted molar refractivity (Wildman–Crippen MR) is 131 cm³/mol. The van der Waals surface area contributed by atoms with E-state index in [1.807, 2.05) is 23.2 Å². The second-order valence-corrected chi connectivity index (χ2v) is 11.3. The van der Waals surface area contributed by atoms with Crippen molar-refractivity contribution in [2.45, 2.75) is 62.6 Å². The van der Waals surface area contributed by atoms with Crippen molar-refractivity contribution in [1.82, 2.24) is 10.3 Å². The van der Waals surface area contributed by atoms with E-state index in [1.165, 1.54) is 32.1 Å². The number of nitriles is 1. The van der Waals surface area contributed by atoms with Crippen LogP contribution in [0.2, 0.25) is 0 Å². The molecule has 0 amide bonds. The van der Waals surface area contributed by atoms with E-state index in [0.717, 1.165) is 40.4 Å². The van der Waals surface area contributed by atoms with E-state index in [2.05, 4.69) is 17.2 Å². The molecule has 5 aliphatic rings. The lowest BCUT2D eigenvalue weighted by Gasteiger charge is -2.54. The number of carbonyl (C=O) groups is 1. The summed E-state index contributed by atoms with van der Waals surface area (Å²) in [5.74, 6) is 4.42. The maximum Gasteiger partial charge on any atom is 0.334 e. The summed E-state index contributed by atoms with van der Waals surface area (Å²) in [4.78, 5) is 22.5. The van der Waals surface area contributed by atoms with Crippen LogP contribution in [-0.2, 0) is 9.53 Å². The van der Waals surface area contributed by atoms with E-state index in [4.69, 9.17) is 9.72 Å². The summed E-state index contributed by atoms with van der Waals surface area (Å²) < 4.78 is 5.37. The van der Waals surface area contributed by atoms with Gasteiger partial charge in [0.15, 0.2) is 6.10 Å². The van der Waals surface area contributed by atoms with Gasteiger partial charge in [-0.25, -0.2) is 9.78 Å². The molecule has 0 radical (unpaired) electrons. The highest BCUT2D eigenvalue weighted by Gasteiger charge is 2.48. The van der Waals surface area contributed by atoms with Crippen molar-refractivity contribution < 1.29 is 14.6 Å². The van der Waals surface area contributed by atoms with Crippen LogP contribution in [0, 0.1) is 35.1 Å². The number of nitrogens with zero attached hydrogens (tertiary/aromatic N) is 4. The maximum atomic E-state index is 11.4. The van der Waals surface area contributed by atoms with Crippen LogP contribution in [0.15, 0.2) is 22.2 Å². The monoisotopic (exact) mass is 483 g/mol. The third-order valence-corrected chi connectivity index (χ3v) is 9.10. The summed E-state index contributed by atoms with van der Waals surface area (Å²) in [7, 11) is 0. The Hall–Kier alpha value is -2.31.